The van der Waals surface area contributed by atoms with E-state index in [2.05, 4.69) is 4.74 Å². The van der Waals surface area contributed by atoms with Crippen LogP contribution in [0.3, 0.4) is 0 Å². The van der Waals surface area contributed by atoms with E-state index in [1.807, 2.05) is 0 Å². The molecule has 12 heavy (non-hydrogen) atoms. The van der Waals surface area contributed by atoms with Crippen LogP contribution < -0.4 is 0 Å². The van der Waals surface area contributed by atoms with Crippen LogP contribution in [0.25, 0.3) is 0 Å². The van der Waals surface area contributed by atoms with Crippen molar-refractivity contribution in [1.82, 2.24) is 0 Å². The van der Waals surface area contributed by atoms with E-state index in [0.29, 0.717) is 13.2 Å². The van der Waals surface area contributed by atoms with Gasteiger partial charge in [0.15, 0.2) is 6.10 Å². The number of hydrogen-bond donors (Lipinski definition) is 0. The molecule has 0 aromatic rings. The van der Waals surface area contributed by atoms with Crippen LogP contribution in [0.2, 0.25) is 0 Å². The number of ether oxygens (including phenoxy) is 3. The lowest BCUT2D eigenvalue weighted by Gasteiger charge is -2.20. The normalized spacial score (nSPS) is 23.2. The van der Waals surface area contributed by atoms with Crippen LogP contribution in [0, 0.1) is 0 Å². The summed E-state index contributed by atoms with van der Waals surface area (Å²) in [5.41, 5.74) is 0. The molecule has 68 valence electrons. The molecule has 0 saturated carbocycles. The average Bonchev–Trinajstić information content (AvgIpc) is 2.05. The Morgan fingerprint density at radius 2 is 2.17 bits per heavy atom. The quantitative estimate of drug-likeness (QED) is 0.396. The summed E-state index contributed by atoms with van der Waals surface area (Å²) in [6.45, 7) is 2.16. The fraction of sp³-hybridized carbons (Fsp3) is 0.714. The lowest BCUT2D eigenvalue weighted by atomic mass is 10.3. The molecule has 1 aliphatic heterocycles. The van der Waals surface area contributed by atoms with Crippen LogP contribution in [-0.2, 0) is 23.8 Å². The fourth-order valence-corrected chi connectivity index (χ4v) is 0.831. The Bertz CT molecular complexity index is 182. The second kappa shape index (κ2) is 4.18. The van der Waals surface area contributed by atoms with Gasteiger partial charge in [-0.3, -0.25) is 4.79 Å². The van der Waals surface area contributed by atoms with Crippen molar-refractivity contribution in [3.63, 3.8) is 0 Å². The first-order valence-corrected chi connectivity index (χ1v) is 3.62. The second-order valence-corrected chi connectivity index (χ2v) is 2.35. The number of carbonyl (C=O) groups excluding carboxylic acids is 2. The molecule has 1 atom stereocenters. The first kappa shape index (κ1) is 9.15. The van der Waals surface area contributed by atoms with Crippen molar-refractivity contribution in [3.8, 4) is 0 Å². The molecule has 0 aromatic heterocycles. The van der Waals surface area contributed by atoms with Gasteiger partial charge in [-0.1, -0.05) is 0 Å². The Kier molecular flexibility index (Phi) is 3.19. The lowest BCUT2D eigenvalue weighted by molar-refractivity contribution is -0.176. The molecule has 0 radical (unpaired) electrons. The van der Waals surface area contributed by atoms with Gasteiger partial charge in [0.1, 0.15) is 0 Å². The number of carbonyl (C=O) groups is 2. The second-order valence-electron chi connectivity index (χ2n) is 2.35. The van der Waals surface area contributed by atoms with Gasteiger partial charge in [-0.25, -0.2) is 4.79 Å². The summed E-state index contributed by atoms with van der Waals surface area (Å²) in [6, 6.07) is 0. The van der Waals surface area contributed by atoms with E-state index in [1.165, 1.54) is 6.92 Å². The molecule has 0 bridgehead atoms. The predicted molar refractivity (Wildman–Crippen MR) is 37.3 cm³/mol. The van der Waals surface area contributed by atoms with E-state index in [0.717, 1.165) is 0 Å². The van der Waals surface area contributed by atoms with Gasteiger partial charge < -0.3 is 14.2 Å². The van der Waals surface area contributed by atoms with Crippen LogP contribution in [0.1, 0.15) is 6.92 Å². The minimum absolute atomic E-state index is 0.159. The van der Waals surface area contributed by atoms with E-state index >= 15 is 0 Å². The van der Waals surface area contributed by atoms with E-state index in [1.54, 1.807) is 0 Å². The van der Waals surface area contributed by atoms with E-state index in [-0.39, 0.29) is 6.61 Å². The van der Waals surface area contributed by atoms with Crippen molar-refractivity contribution < 1.29 is 23.8 Å². The van der Waals surface area contributed by atoms with Crippen LogP contribution >= 0.6 is 0 Å². The Balaban J connectivity index is 2.34. The first-order valence-electron chi connectivity index (χ1n) is 3.62. The molecule has 0 spiro atoms. The fourth-order valence-electron chi connectivity index (χ4n) is 0.831. The lowest BCUT2D eigenvalue weighted by Crippen LogP contribution is -2.37. The summed E-state index contributed by atoms with van der Waals surface area (Å²) in [7, 11) is 0. The van der Waals surface area contributed by atoms with Crippen molar-refractivity contribution in [2.75, 3.05) is 19.8 Å². The van der Waals surface area contributed by atoms with Crippen molar-refractivity contribution >= 4 is 11.9 Å². The van der Waals surface area contributed by atoms with Crippen LogP contribution in [-0.4, -0.2) is 37.9 Å². The molecule has 1 fully saturated rings. The minimum atomic E-state index is -0.748. The van der Waals surface area contributed by atoms with E-state index in [4.69, 9.17) is 9.47 Å². The van der Waals surface area contributed by atoms with E-state index < -0.39 is 18.0 Å². The molecule has 0 amide bonds. The predicted octanol–water partition coefficient (Wildman–Crippen LogP) is -0.509. The summed E-state index contributed by atoms with van der Waals surface area (Å²) < 4.78 is 14.2. The van der Waals surface area contributed by atoms with E-state index in [9.17, 15) is 9.59 Å². The monoisotopic (exact) mass is 174 g/mol. The molecule has 5 nitrogen and oxygen atoms in total. The molecular formula is C7H10O5. The molecule has 1 heterocycles. The molecule has 1 unspecified atom stereocenters. The Morgan fingerprint density at radius 3 is 2.67 bits per heavy atom. The van der Waals surface area contributed by atoms with Crippen molar-refractivity contribution in [1.29, 1.82) is 0 Å². The van der Waals surface area contributed by atoms with Crippen LogP contribution in [0.15, 0.2) is 0 Å². The third-order valence-electron chi connectivity index (χ3n) is 1.32. The van der Waals surface area contributed by atoms with Gasteiger partial charge in [0, 0.05) is 6.92 Å². The highest BCUT2D eigenvalue weighted by Gasteiger charge is 2.25. The van der Waals surface area contributed by atoms with Crippen LogP contribution in [0.5, 0.6) is 0 Å². The SMILES string of the molecule is CC(=O)OC(=O)C1COCCO1. The van der Waals surface area contributed by atoms with Gasteiger partial charge in [-0.15, -0.1) is 0 Å². The standard InChI is InChI=1S/C7H10O5/c1-5(8)12-7(9)6-4-10-2-3-11-6/h6H,2-4H2,1H3. The summed E-state index contributed by atoms with van der Waals surface area (Å²) in [5, 5.41) is 0. The maximum Gasteiger partial charge on any atom is 0.345 e. The Morgan fingerprint density at radius 1 is 1.42 bits per heavy atom. The summed E-state index contributed by atoms with van der Waals surface area (Å²) in [4.78, 5) is 21.3. The van der Waals surface area contributed by atoms with Gasteiger partial charge in [0.2, 0.25) is 0 Å². The van der Waals surface area contributed by atoms with Crippen molar-refractivity contribution in [3.05, 3.63) is 0 Å². The van der Waals surface area contributed by atoms with Gasteiger partial charge in [-0.05, 0) is 0 Å². The van der Waals surface area contributed by atoms with Gasteiger partial charge in [0.25, 0.3) is 0 Å². The highest BCUT2D eigenvalue weighted by atomic mass is 16.6. The number of hydrogen-bond acceptors (Lipinski definition) is 5. The maximum atomic E-state index is 11.0. The third kappa shape index (κ3) is 2.60. The molecule has 1 saturated heterocycles. The topological polar surface area (TPSA) is 61.8 Å². The van der Waals surface area contributed by atoms with Crippen molar-refractivity contribution in [2.24, 2.45) is 0 Å². The number of rotatable bonds is 1. The van der Waals surface area contributed by atoms with Gasteiger partial charge >= 0.3 is 11.9 Å². The zero-order valence-corrected chi connectivity index (χ0v) is 6.74. The average molecular weight is 174 g/mol. The highest BCUT2D eigenvalue weighted by Crippen LogP contribution is 2.02. The molecule has 5 heteroatoms. The summed E-state index contributed by atoms with van der Waals surface area (Å²) in [5.74, 6) is -1.31. The third-order valence-corrected chi connectivity index (χ3v) is 1.32. The summed E-state index contributed by atoms with van der Waals surface area (Å²) >= 11 is 0. The minimum Gasteiger partial charge on any atom is -0.391 e. The molecule has 0 aromatic carbocycles. The largest absolute Gasteiger partial charge is 0.391 e. The maximum absolute atomic E-state index is 11.0. The zero-order chi connectivity index (χ0) is 8.97. The summed E-state index contributed by atoms with van der Waals surface area (Å²) in [6.07, 6.45) is -0.748. The molecule has 0 aliphatic carbocycles. The van der Waals surface area contributed by atoms with Gasteiger partial charge in [-0.2, -0.15) is 0 Å². The Labute approximate surface area is 69.6 Å². The highest BCUT2D eigenvalue weighted by molar-refractivity contribution is 5.86. The molecule has 1 rings (SSSR count). The van der Waals surface area contributed by atoms with Crippen LogP contribution in [0.4, 0.5) is 0 Å². The molecular weight excluding hydrogens is 164 g/mol. The van der Waals surface area contributed by atoms with Crippen molar-refractivity contribution in [2.45, 2.75) is 13.0 Å². The first-order chi connectivity index (χ1) is 5.70. The Hall–Kier alpha value is -0.940. The zero-order valence-electron chi connectivity index (χ0n) is 6.74. The van der Waals surface area contributed by atoms with Gasteiger partial charge in [0.05, 0.1) is 19.8 Å². The molecule has 0 N–H and O–H groups in total. The smallest absolute Gasteiger partial charge is 0.345 e. The molecule has 1 aliphatic rings. The number of esters is 2.